The van der Waals surface area contributed by atoms with E-state index < -0.39 is 0 Å². The summed E-state index contributed by atoms with van der Waals surface area (Å²) in [6, 6.07) is 0.479. The number of hydrogen-bond donors (Lipinski definition) is 0. The second kappa shape index (κ2) is 4.75. The van der Waals surface area contributed by atoms with Crippen LogP contribution in [-0.4, -0.2) is 36.1 Å². The quantitative estimate of drug-likeness (QED) is 0.795. The van der Waals surface area contributed by atoms with Gasteiger partial charge in [-0.05, 0) is 13.3 Å². The molecule has 4 nitrogen and oxygen atoms in total. The second-order valence-electron chi connectivity index (χ2n) is 4.27. The fourth-order valence-corrected chi connectivity index (χ4v) is 2.94. The van der Waals surface area contributed by atoms with E-state index in [4.69, 9.17) is 4.74 Å². The van der Waals surface area contributed by atoms with Gasteiger partial charge in [-0.2, -0.15) is 5.10 Å². The van der Waals surface area contributed by atoms with E-state index >= 15 is 0 Å². The van der Waals surface area contributed by atoms with Crippen molar-refractivity contribution >= 4 is 21.7 Å². The number of alkyl halides is 1. The van der Waals surface area contributed by atoms with Crippen LogP contribution < -0.4 is 4.90 Å². The fraction of sp³-hybridized carbons (Fsp3) is 0.727. The Hall–Kier alpha value is -0.550. The lowest BCUT2D eigenvalue weighted by atomic mass is 10.2. The molecule has 1 aliphatic rings. The molecule has 2 heterocycles. The normalized spacial score (nSPS) is 20.4. The Labute approximate surface area is 105 Å². The monoisotopic (exact) mass is 287 g/mol. The van der Waals surface area contributed by atoms with Crippen molar-refractivity contribution in [2.75, 3.05) is 25.2 Å². The Bertz CT molecular complexity index is 372. The molecule has 0 radical (unpaired) electrons. The van der Waals surface area contributed by atoms with Crippen LogP contribution in [0.3, 0.4) is 0 Å². The van der Waals surface area contributed by atoms with Gasteiger partial charge in [-0.15, -0.1) is 0 Å². The molecule has 0 amide bonds. The summed E-state index contributed by atoms with van der Waals surface area (Å²) in [6.45, 7) is 3.75. The Morgan fingerprint density at radius 2 is 2.38 bits per heavy atom. The van der Waals surface area contributed by atoms with E-state index in [0.29, 0.717) is 6.04 Å². The maximum atomic E-state index is 5.44. The van der Waals surface area contributed by atoms with Gasteiger partial charge >= 0.3 is 0 Å². The van der Waals surface area contributed by atoms with Crippen LogP contribution in [0.15, 0.2) is 0 Å². The van der Waals surface area contributed by atoms with Gasteiger partial charge in [-0.1, -0.05) is 15.9 Å². The summed E-state index contributed by atoms with van der Waals surface area (Å²) in [7, 11) is 4.13. The third-order valence-corrected chi connectivity index (χ3v) is 3.80. The van der Waals surface area contributed by atoms with E-state index in [0.717, 1.165) is 30.7 Å². The lowest BCUT2D eigenvalue weighted by Crippen LogP contribution is -2.33. The van der Waals surface area contributed by atoms with E-state index in [9.17, 15) is 0 Å². The molecule has 0 aliphatic carbocycles. The van der Waals surface area contributed by atoms with Gasteiger partial charge in [0.2, 0.25) is 0 Å². The zero-order chi connectivity index (χ0) is 11.7. The lowest BCUT2D eigenvalue weighted by Gasteiger charge is -2.26. The molecule has 0 aromatic carbocycles. The molecule has 0 saturated carbocycles. The third-order valence-electron chi connectivity index (χ3n) is 3.23. The number of aromatic nitrogens is 2. The first-order valence-electron chi connectivity index (χ1n) is 5.54. The van der Waals surface area contributed by atoms with Gasteiger partial charge in [0.1, 0.15) is 5.82 Å². The largest absolute Gasteiger partial charge is 0.379 e. The zero-order valence-corrected chi connectivity index (χ0v) is 11.6. The number of nitrogens with zero attached hydrogens (tertiary/aromatic N) is 3. The smallest absolute Gasteiger partial charge is 0.130 e. The van der Waals surface area contributed by atoms with Gasteiger partial charge in [0, 0.05) is 31.6 Å². The van der Waals surface area contributed by atoms with Crippen molar-refractivity contribution in [1.82, 2.24) is 9.78 Å². The average Bonchev–Trinajstić information content (AvgIpc) is 2.84. The highest BCUT2D eigenvalue weighted by Gasteiger charge is 2.25. The molecular weight excluding hydrogens is 270 g/mol. The van der Waals surface area contributed by atoms with Crippen molar-refractivity contribution in [2.24, 2.45) is 7.05 Å². The fourth-order valence-electron chi connectivity index (χ4n) is 2.29. The molecule has 5 heteroatoms. The van der Waals surface area contributed by atoms with Crippen LogP contribution >= 0.6 is 15.9 Å². The van der Waals surface area contributed by atoms with Crippen LogP contribution in [0.4, 0.5) is 5.82 Å². The van der Waals surface area contributed by atoms with Crippen molar-refractivity contribution in [2.45, 2.75) is 24.7 Å². The molecule has 2 rings (SSSR count). The van der Waals surface area contributed by atoms with Crippen LogP contribution in [0.25, 0.3) is 0 Å². The SMILES string of the molecule is Cc1nn(C)c(N(C)C2CCOC2)c1CBr. The molecule has 1 aliphatic heterocycles. The second-order valence-corrected chi connectivity index (χ2v) is 4.83. The van der Waals surface area contributed by atoms with E-state index in [1.807, 2.05) is 11.7 Å². The maximum Gasteiger partial charge on any atom is 0.130 e. The Morgan fingerprint density at radius 3 is 2.94 bits per heavy atom. The minimum absolute atomic E-state index is 0.479. The van der Waals surface area contributed by atoms with E-state index in [1.165, 1.54) is 11.4 Å². The highest BCUT2D eigenvalue weighted by atomic mass is 79.9. The summed E-state index contributed by atoms with van der Waals surface area (Å²) in [5, 5.41) is 5.33. The number of aryl methyl sites for hydroxylation is 2. The first-order chi connectivity index (χ1) is 7.65. The number of halogens is 1. The first-order valence-corrected chi connectivity index (χ1v) is 6.66. The number of likely N-dealkylation sites (N-methyl/N-ethyl adjacent to an activating group) is 1. The molecule has 0 N–H and O–H groups in total. The van der Waals surface area contributed by atoms with E-state index in [-0.39, 0.29) is 0 Å². The Morgan fingerprint density at radius 1 is 1.62 bits per heavy atom. The summed E-state index contributed by atoms with van der Waals surface area (Å²) >= 11 is 3.54. The molecule has 0 bridgehead atoms. The number of anilines is 1. The lowest BCUT2D eigenvalue weighted by molar-refractivity contribution is 0.193. The predicted octanol–water partition coefficient (Wildman–Crippen LogP) is 1.85. The van der Waals surface area contributed by atoms with Crippen LogP contribution in [0.1, 0.15) is 17.7 Å². The van der Waals surface area contributed by atoms with Crippen LogP contribution in [-0.2, 0) is 17.1 Å². The molecule has 1 aromatic rings. The molecule has 1 aromatic heterocycles. The van der Waals surface area contributed by atoms with Crippen molar-refractivity contribution in [3.05, 3.63) is 11.3 Å². The van der Waals surface area contributed by atoms with Crippen LogP contribution in [0.5, 0.6) is 0 Å². The van der Waals surface area contributed by atoms with E-state index in [1.54, 1.807) is 0 Å². The molecule has 16 heavy (non-hydrogen) atoms. The zero-order valence-electron chi connectivity index (χ0n) is 10.0. The van der Waals surface area contributed by atoms with Gasteiger partial charge in [-0.25, -0.2) is 0 Å². The number of hydrogen-bond acceptors (Lipinski definition) is 3. The van der Waals surface area contributed by atoms with Gasteiger partial charge in [-0.3, -0.25) is 4.68 Å². The van der Waals surface area contributed by atoms with Crippen LogP contribution in [0, 0.1) is 6.92 Å². The van der Waals surface area contributed by atoms with E-state index in [2.05, 4.69) is 39.9 Å². The molecule has 1 fully saturated rings. The molecule has 0 spiro atoms. The maximum absolute atomic E-state index is 5.44. The Kier molecular flexibility index (Phi) is 3.54. The first kappa shape index (κ1) is 11.9. The number of ether oxygens (including phenoxy) is 1. The highest BCUT2D eigenvalue weighted by molar-refractivity contribution is 9.08. The van der Waals surface area contributed by atoms with Crippen molar-refractivity contribution in [1.29, 1.82) is 0 Å². The van der Waals surface area contributed by atoms with Crippen molar-refractivity contribution in [3.63, 3.8) is 0 Å². The van der Waals surface area contributed by atoms with Gasteiger partial charge in [0.25, 0.3) is 0 Å². The molecular formula is C11H18BrN3O. The third kappa shape index (κ3) is 1.98. The molecule has 1 unspecified atom stereocenters. The highest BCUT2D eigenvalue weighted by Crippen LogP contribution is 2.27. The topological polar surface area (TPSA) is 30.3 Å². The predicted molar refractivity (Wildman–Crippen MR) is 68.2 cm³/mol. The summed E-state index contributed by atoms with van der Waals surface area (Å²) in [6.07, 6.45) is 1.10. The Balaban J connectivity index is 2.30. The summed E-state index contributed by atoms with van der Waals surface area (Å²) in [4.78, 5) is 2.30. The van der Waals surface area contributed by atoms with Gasteiger partial charge in [0.05, 0.1) is 18.3 Å². The van der Waals surface area contributed by atoms with Gasteiger partial charge in [0.15, 0.2) is 0 Å². The number of rotatable bonds is 3. The molecule has 90 valence electrons. The summed E-state index contributed by atoms with van der Waals surface area (Å²) in [5.74, 6) is 1.20. The summed E-state index contributed by atoms with van der Waals surface area (Å²) in [5.41, 5.74) is 2.37. The minimum atomic E-state index is 0.479. The van der Waals surface area contributed by atoms with Crippen molar-refractivity contribution in [3.8, 4) is 0 Å². The molecule has 1 atom stereocenters. The average molecular weight is 288 g/mol. The standard InChI is InChI=1S/C11H18BrN3O/c1-8-10(6-12)11(15(3)13-8)14(2)9-4-5-16-7-9/h9H,4-7H2,1-3H3. The summed E-state index contributed by atoms with van der Waals surface area (Å²) < 4.78 is 7.40. The van der Waals surface area contributed by atoms with Crippen LogP contribution in [0.2, 0.25) is 0 Å². The van der Waals surface area contributed by atoms with Gasteiger partial charge < -0.3 is 9.64 Å². The van der Waals surface area contributed by atoms with Crippen molar-refractivity contribution < 1.29 is 4.74 Å². The minimum Gasteiger partial charge on any atom is -0.379 e. The molecule has 1 saturated heterocycles.